The molecule has 1 aliphatic carbocycles. The average Bonchev–Trinajstić information content (AvgIpc) is 3.37. The van der Waals surface area contributed by atoms with Crippen molar-refractivity contribution in [3.63, 3.8) is 0 Å². The lowest BCUT2D eigenvalue weighted by atomic mass is 10.1. The van der Waals surface area contributed by atoms with Crippen LogP contribution in [0.25, 0.3) is 0 Å². The minimum Gasteiger partial charge on any atom is -0.377 e. The maximum atomic E-state index is 12.4. The van der Waals surface area contributed by atoms with Crippen molar-refractivity contribution in [2.45, 2.75) is 46.6 Å². The van der Waals surface area contributed by atoms with Crippen molar-refractivity contribution in [3.8, 4) is 0 Å². The molecular weight excluding hydrogens is 314 g/mol. The topological polar surface area (TPSA) is 52.7 Å². The van der Waals surface area contributed by atoms with E-state index >= 15 is 0 Å². The second-order valence-electron chi connectivity index (χ2n) is 7.45. The molecule has 1 fully saturated rings. The first kappa shape index (κ1) is 19.3. The summed E-state index contributed by atoms with van der Waals surface area (Å²) in [4.78, 5) is 28.4. The summed E-state index contributed by atoms with van der Waals surface area (Å²) >= 11 is 0. The molecule has 0 aromatic heterocycles. The summed E-state index contributed by atoms with van der Waals surface area (Å²) in [5.74, 6) is 0.781. The van der Waals surface area contributed by atoms with Crippen molar-refractivity contribution >= 4 is 23.2 Å². The largest absolute Gasteiger partial charge is 0.377 e. The molecule has 1 aromatic rings. The minimum absolute atomic E-state index is 0.00280. The predicted octanol–water partition coefficient (Wildman–Crippen LogP) is 3.50. The Kier molecular flexibility index (Phi) is 6.45. The van der Waals surface area contributed by atoms with E-state index in [0.717, 1.165) is 23.5 Å². The van der Waals surface area contributed by atoms with Gasteiger partial charge in [0.1, 0.15) is 0 Å². The molecule has 0 bridgehead atoms. The molecule has 1 N–H and O–H groups in total. The molecule has 5 nitrogen and oxygen atoms in total. The molecule has 0 radical (unpaired) electrons. The average molecular weight is 345 g/mol. The number of carbonyl (C=O) groups excluding carboxylic acids is 2. The minimum atomic E-state index is -0.0648. The van der Waals surface area contributed by atoms with Gasteiger partial charge in [-0.2, -0.15) is 0 Å². The third-order valence-corrected chi connectivity index (χ3v) is 4.55. The first-order chi connectivity index (χ1) is 11.8. The molecule has 0 unspecified atom stereocenters. The molecule has 0 heterocycles. The van der Waals surface area contributed by atoms with E-state index in [0.29, 0.717) is 18.9 Å². The van der Waals surface area contributed by atoms with Crippen LogP contribution >= 0.6 is 0 Å². The number of amides is 2. The van der Waals surface area contributed by atoms with Gasteiger partial charge in [0.05, 0.1) is 0 Å². The lowest BCUT2D eigenvalue weighted by Crippen LogP contribution is -2.32. The van der Waals surface area contributed by atoms with E-state index in [-0.39, 0.29) is 17.7 Å². The molecule has 1 aliphatic rings. The Bertz CT molecular complexity index is 621. The van der Waals surface area contributed by atoms with Gasteiger partial charge in [-0.3, -0.25) is 9.59 Å². The maximum absolute atomic E-state index is 12.4. The van der Waals surface area contributed by atoms with Gasteiger partial charge in [0.25, 0.3) is 0 Å². The molecule has 25 heavy (non-hydrogen) atoms. The van der Waals surface area contributed by atoms with Crippen molar-refractivity contribution < 1.29 is 9.59 Å². The van der Waals surface area contributed by atoms with Crippen LogP contribution in [0.3, 0.4) is 0 Å². The number of benzene rings is 1. The van der Waals surface area contributed by atoms with Gasteiger partial charge in [-0.1, -0.05) is 20.8 Å². The summed E-state index contributed by atoms with van der Waals surface area (Å²) in [5, 5.41) is 2.96. The Morgan fingerprint density at radius 3 is 2.44 bits per heavy atom. The highest BCUT2D eigenvalue weighted by atomic mass is 16.2. The Morgan fingerprint density at radius 2 is 1.92 bits per heavy atom. The van der Waals surface area contributed by atoms with Gasteiger partial charge in [0.2, 0.25) is 11.8 Å². The molecule has 0 aliphatic heterocycles. The number of hydrogen-bond acceptors (Lipinski definition) is 3. The molecule has 1 saturated carbocycles. The number of hydrogen-bond donors (Lipinski definition) is 1. The summed E-state index contributed by atoms with van der Waals surface area (Å²) in [5.41, 5.74) is 2.93. The van der Waals surface area contributed by atoms with Crippen LogP contribution in [0.4, 0.5) is 11.4 Å². The highest BCUT2D eigenvalue weighted by Crippen LogP contribution is 2.31. The Labute approximate surface area is 151 Å². The molecule has 0 atom stereocenters. The third kappa shape index (κ3) is 5.48. The van der Waals surface area contributed by atoms with E-state index in [1.54, 1.807) is 0 Å². The summed E-state index contributed by atoms with van der Waals surface area (Å²) in [6.45, 7) is 7.09. The van der Waals surface area contributed by atoms with Crippen LogP contribution in [0.5, 0.6) is 0 Å². The van der Waals surface area contributed by atoms with Crippen molar-refractivity contribution in [2.75, 3.05) is 30.9 Å². The van der Waals surface area contributed by atoms with Crippen molar-refractivity contribution in [1.82, 2.24) is 4.90 Å². The van der Waals surface area contributed by atoms with Gasteiger partial charge in [0.15, 0.2) is 0 Å². The van der Waals surface area contributed by atoms with E-state index in [1.165, 1.54) is 12.8 Å². The SMILES string of the molecule is CCC(=O)N(Cc1cc(NC(=O)C(C)C)ccc1N(C)C)CC1CC1. The van der Waals surface area contributed by atoms with Gasteiger partial charge >= 0.3 is 0 Å². The molecule has 1 aromatic carbocycles. The number of nitrogens with one attached hydrogen (secondary N) is 1. The van der Waals surface area contributed by atoms with Crippen LogP contribution in [0, 0.1) is 11.8 Å². The lowest BCUT2D eigenvalue weighted by molar-refractivity contribution is -0.131. The quantitative estimate of drug-likeness (QED) is 0.784. The highest BCUT2D eigenvalue weighted by molar-refractivity contribution is 5.92. The third-order valence-electron chi connectivity index (χ3n) is 4.55. The van der Waals surface area contributed by atoms with Gasteiger partial charge in [0, 0.05) is 50.9 Å². The van der Waals surface area contributed by atoms with Gasteiger partial charge in [-0.25, -0.2) is 0 Å². The molecule has 0 saturated heterocycles. The molecule has 2 rings (SSSR count). The smallest absolute Gasteiger partial charge is 0.226 e. The van der Waals surface area contributed by atoms with E-state index in [1.807, 2.05) is 58.0 Å². The van der Waals surface area contributed by atoms with Crippen molar-refractivity contribution in [2.24, 2.45) is 11.8 Å². The zero-order chi connectivity index (χ0) is 18.6. The molecule has 138 valence electrons. The maximum Gasteiger partial charge on any atom is 0.226 e. The first-order valence-corrected chi connectivity index (χ1v) is 9.20. The fourth-order valence-corrected chi connectivity index (χ4v) is 2.81. The normalized spacial score (nSPS) is 13.7. The van der Waals surface area contributed by atoms with E-state index < -0.39 is 0 Å². The van der Waals surface area contributed by atoms with Crippen molar-refractivity contribution in [1.29, 1.82) is 0 Å². The molecule has 5 heteroatoms. The van der Waals surface area contributed by atoms with Gasteiger partial charge < -0.3 is 15.1 Å². The fourth-order valence-electron chi connectivity index (χ4n) is 2.81. The van der Waals surface area contributed by atoms with Crippen LogP contribution < -0.4 is 10.2 Å². The van der Waals surface area contributed by atoms with Crippen LogP contribution in [0.1, 0.15) is 45.6 Å². The Balaban J connectivity index is 2.24. The zero-order valence-corrected chi connectivity index (χ0v) is 16.1. The summed E-state index contributed by atoms with van der Waals surface area (Å²) in [7, 11) is 4.00. The number of nitrogens with zero attached hydrogens (tertiary/aromatic N) is 2. The standard InChI is InChI=1S/C20H31N3O2/c1-6-19(24)23(12-15-7-8-15)13-16-11-17(21-20(25)14(2)3)9-10-18(16)22(4)5/h9-11,14-15H,6-8,12-13H2,1-5H3,(H,21,25). The number of carbonyl (C=O) groups is 2. The molecule has 2 amide bonds. The summed E-state index contributed by atoms with van der Waals surface area (Å²) < 4.78 is 0. The van der Waals surface area contributed by atoms with Crippen LogP contribution in [0.2, 0.25) is 0 Å². The van der Waals surface area contributed by atoms with E-state index in [9.17, 15) is 9.59 Å². The van der Waals surface area contributed by atoms with Crippen molar-refractivity contribution in [3.05, 3.63) is 23.8 Å². The summed E-state index contributed by atoms with van der Waals surface area (Å²) in [6, 6.07) is 5.93. The van der Waals surface area contributed by atoms with Gasteiger partial charge in [-0.15, -0.1) is 0 Å². The second-order valence-corrected chi connectivity index (χ2v) is 7.45. The molecule has 0 spiro atoms. The lowest BCUT2D eigenvalue weighted by Gasteiger charge is -2.26. The predicted molar refractivity (Wildman–Crippen MR) is 103 cm³/mol. The first-order valence-electron chi connectivity index (χ1n) is 9.20. The van der Waals surface area contributed by atoms with E-state index in [4.69, 9.17) is 0 Å². The van der Waals surface area contributed by atoms with Crippen LogP contribution in [-0.4, -0.2) is 37.4 Å². The van der Waals surface area contributed by atoms with Gasteiger partial charge in [-0.05, 0) is 42.5 Å². The second kappa shape index (κ2) is 8.37. The van der Waals surface area contributed by atoms with E-state index in [2.05, 4.69) is 10.2 Å². The number of rotatable bonds is 8. The summed E-state index contributed by atoms with van der Waals surface area (Å²) in [6.07, 6.45) is 2.96. The van der Waals surface area contributed by atoms with Crippen LogP contribution in [-0.2, 0) is 16.1 Å². The highest BCUT2D eigenvalue weighted by Gasteiger charge is 2.27. The van der Waals surface area contributed by atoms with Crippen LogP contribution in [0.15, 0.2) is 18.2 Å². The molecular formula is C20H31N3O2. The monoisotopic (exact) mass is 345 g/mol. The Morgan fingerprint density at radius 1 is 1.24 bits per heavy atom. The number of anilines is 2. The zero-order valence-electron chi connectivity index (χ0n) is 16.1. The Hall–Kier alpha value is -2.04. The fraction of sp³-hybridized carbons (Fsp3) is 0.600.